The average Bonchev–Trinajstić information content (AvgIpc) is 3.28. The van der Waals surface area contributed by atoms with E-state index in [4.69, 9.17) is 11.6 Å². The molecule has 2 amide bonds. The van der Waals surface area contributed by atoms with E-state index in [9.17, 15) is 9.59 Å². The standard InChI is InChI=1S/C24H20ClN5O2/c25-19-8-4-7-18(15-19)23(31)28-11-13-29(14-12-28)24(32)20-16-27-30-21(9-10-26-22(20)30)17-5-2-1-3-6-17/h1-10,15-16H,11-14H2. The lowest BCUT2D eigenvalue weighted by atomic mass is 10.1. The van der Waals surface area contributed by atoms with Gasteiger partial charge in [-0.3, -0.25) is 9.59 Å². The molecule has 0 saturated carbocycles. The van der Waals surface area contributed by atoms with Crippen LogP contribution in [-0.2, 0) is 0 Å². The van der Waals surface area contributed by atoms with Crippen LogP contribution in [0.15, 0.2) is 73.1 Å². The highest BCUT2D eigenvalue weighted by Crippen LogP contribution is 2.22. The zero-order valence-electron chi connectivity index (χ0n) is 17.2. The molecule has 0 spiro atoms. The second-order valence-electron chi connectivity index (χ2n) is 7.58. The van der Waals surface area contributed by atoms with E-state index in [-0.39, 0.29) is 11.8 Å². The molecule has 1 saturated heterocycles. The summed E-state index contributed by atoms with van der Waals surface area (Å²) in [5, 5.41) is 4.96. The van der Waals surface area contributed by atoms with Crippen molar-refractivity contribution >= 4 is 29.1 Å². The fourth-order valence-corrected chi connectivity index (χ4v) is 4.15. The van der Waals surface area contributed by atoms with Gasteiger partial charge >= 0.3 is 0 Å². The molecule has 0 bridgehead atoms. The first-order valence-corrected chi connectivity index (χ1v) is 10.7. The monoisotopic (exact) mass is 445 g/mol. The molecule has 1 fully saturated rings. The highest BCUT2D eigenvalue weighted by Gasteiger charge is 2.27. The molecule has 4 aromatic rings. The molecular formula is C24H20ClN5O2. The van der Waals surface area contributed by atoms with E-state index in [2.05, 4.69) is 10.1 Å². The van der Waals surface area contributed by atoms with Gasteiger partial charge in [-0.1, -0.05) is 48.0 Å². The predicted molar refractivity (Wildman–Crippen MR) is 122 cm³/mol. The van der Waals surface area contributed by atoms with Gasteiger partial charge in [-0.25, -0.2) is 9.50 Å². The maximum atomic E-state index is 13.2. The number of hydrogen-bond acceptors (Lipinski definition) is 4. The van der Waals surface area contributed by atoms with Gasteiger partial charge < -0.3 is 9.80 Å². The van der Waals surface area contributed by atoms with Crippen LogP contribution in [0.5, 0.6) is 0 Å². The molecular weight excluding hydrogens is 426 g/mol. The summed E-state index contributed by atoms with van der Waals surface area (Å²) in [5.74, 6) is -0.211. The zero-order valence-corrected chi connectivity index (χ0v) is 17.9. The summed E-state index contributed by atoms with van der Waals surface area (Å²) < 4.78 is 1.70. The van der Waals surface area contributed by atoms with Gasteiger partial charge in [0.15, 0.2) is 5.65 Å². The Labute approximate surface area is 189 Å². The quantitative estimate of drug-likeness (QED) is 0.482. The van der Waals surface area contributed by atoms with Crippen molar-refractivity contribution in [2.45, 2.75) is 0 Å². The summed E-state index contributed by atoms with van der Waals surface area (Å²) in [6.07, 6.45) is 3.26. The molecule has 2 aromatic heterocycles. The highest BCUT2D eigenvalue weighted by atomic mass is 35.5. The molecule has 32 heavy (non-hydrogen) atoms. The van der Waals surface area contributed by atoms with E-state index in [1.165, 1.54) is 0 Å². The molecule has 0 atom stereocenters. The van der Waals surface area contributed by atoms with Crippen LogP contribution >= 0.6 is 11.6 Å². The number of carbonyl (C=O) groups is 2. The van der Waals surface area contributed by atoms with Gasteiger partial charge in [0.05, 0.1) is 11.9 Å². The summed E-state index contributed by atoms with van der Waals surface area (Å²) in [7, 11) is 0. The number of rotatable bonds is 3. The van der Waals surface area contributed by atoms with Crippen LogP contribution < -0.4 is 0 Å². The number of hydrogen-bond donors (Lipinski definition) is 0. The highest BCUT2D eigenvalue weighted by molar-refractivity contribution is 6.30. The molecule has 5 rings (SSSR count). The molecule has 0 radical (unpaired) electrons. The Hall–Kier alpha value is -3.71. The Morgan fingerprint density at radius 3 is 2.28 bits per heavy atom. The smallest absolute Gasteiger partial charge is 0.259 e. The number of halogens is 1. The molecule has 0 unspecified atom stereocenters. The van der Waals surface area contributed by atoms with Crippen molar-refractivity contribution in [3.05, 3.63) is 89.2 Å². The minimum atomic E-state index is -0.132. The van der Waals surface area contributed by atoms with Crippen molar-refractivity contribution in [1.29, 1.82) is 0 Å². The molecule has 1 aliphatic rings. The van der Waals surface area contributed by atoms with Crippen molar-refractivity contribution in [2.24, 2.45) is 0 Å². The van der Waals surface area contributed by atoms with Gasteiger partial charge in [-0.15, -0.1) is 0 Å². The van der Waals surface area contributed by atoms with Crippen LogP contribution in [0.1, 0.15) is 20.7 Å². The largest absolute Gasteiger partial charge is 0.335 e. The number of piperazine rings is 1. The Balaban J connectivity index is 1.33. The summed E-state index contributed by atoms with van der Waals surface area (Å²) in [6.45, 7) is 1.81. The predicted octanol–water partition coefficient (Wildman–Crippen LogP) is 3.65. The number of carbonyl (C=O) groups excluding carboxylic acids is 2. The van der Waals surface area contributed by atoms with E-state index < -0.39 is 0 Å². The van der Waals surface area contributed by atoms with Gasteiger partial charge in [0.1, 0.15) is 5.56 Å². The molecule has 8 heteroatoms. The lowest BCUT2D eigenvalue weighted by Crippen LogP contribution is -2.50. The van der Waals surface area contributed by atoms with E-state index in [1.807, 2.05) is 36.4 Å². The van der Waals surface area contributed by atoms with Gasteiger partial charge in [-0.05, 0) is 24.3 Å². The number of fused-ring (bicyclic) bond motifs is 1. The molecule has 3 heterocycles. The first-order chi connectivity index (χ1) is 15.6. The topological polar surface area (TPSA) is 70.8 Å². The molecule has 7 nitrogen and oxygen atoms in total. The minimum Gasteiger partial charge on any atom is -0.335 e. The maximum Gasteiger partial charge on any atom is 0.259 e. The van der Waals surface area contributed by atoms with Gasteiger partial charge in [0.2, 0.25) is 0 Å². The van der Waals surface area contributed by atoms with Crippen LogP contribution in [0.3, 0.4) is 0 Å². The van der Waals surface area contributed by atoms with E-state index in [0.29, 0.717) is 48.0 Å². The molecule has 1 aliphatic heterocycles. The van der Waals surface area contributed by atoms with Crippen LogP contribution in [-0.4, -0.2) is 62.4 Å². The van der Waals surface area contributed by atoms with E-state index in [1.54, 1.807) is 51.0 Å². The summed E-state index contributed by atoms with van der Waals surface area (Å²) in [4.78, 5) is 33.9. The van der Waals surface area contributed by atoms with Crippen molar-refractivity contribution < 1.29 is 9.59 Å². The molecule has 2 aromatic carbocycles. The number of aromatic nitrogens is 3. The number of nitrogens with zero attached hydrogens (tertiary/aromatic N) is 5. The summed E-state index contributed by atoms with van der Waals surface area (Å²) in [5.41, 5.74) is 3.39. The molecule has 0 aliphatic carbocycles. The summed E-state index contributed by atoms with van der Waals surface area (Å²) in [6, 6.07) is 18.7. The molecule has 160 valence electrons. The van der Waals surface area contributed by atoms with Crippen LogP contribution in [0.4, 0.5) is 0 Å². The van der Waals surface area contributed by atoms with Crippen LogP contribution in [0.25, 0.3) is 16.9 Å². The normalized spacial score (nSPS) is 14.0. The Kier molecular flexibility index (Phi) is 5.33. The maximum absolute atomic E-state index is 13.2. The average molecular weight is 446 g/mol. The lowest BCUT2D eigenvalue weighted by molar-refractivity contribution is 0.0536. The van der Waals surface area contributed by atoms with E-state index in [0.717, 1.165) is 11.3 Å². The minimum absolute atomic E-state index is 0.0789. The zero-order chi connectivity index (χ0) is 22.1. The second kappa shape index (κ2) is 8.43. The van der Waals surface area contributed by atoms with Gasteiger partial charge in [-0.2, -0.15) is 5.10 Å². The van der Waals surface area contributed by atoms with Crippen LogP contribution in [0.2, 0.25) is 5.02 Å². The van der Waals surface area contributed by atoms with Crippen molar-refractivity contribution in [2.75, 3.05) is 26.2 Å². The fourth-order valence-electron chi connectivity index (χ4n) is 3.96. The SMILES string of the molecule is O=C(c1cccc(Cl)c1)N1CCN(C(=O)c2cnn3c(-c4ccccc4)ccnc23)CC1. The fraction of sp³-hybridized carbons (Fsp3) is 0.167. The lowest BCUT2D eigenvalue weighted by Gasteiger charge is -2.34. The molecule has 0 N–H and O–H groups in total. The Morgan fingerprint density at radius 1 is 0.844 bits per heavy atom. The third-order valence-electron chi connectivity index (χ3n) is 5.63. The third kappa shape index (κ3) is 3.71. The Bertz CT molecular complexity index is 1300. The second-order valence-corrected chi connectivity index (χ2v) is 8.02. The van der Waals surface area contributed by atoms with Gasteiger partial charge in [0, 0.05) is 48.5 Å². The number of amides is 2. The summed E-state index contributed by atoms with van der Waals surface area (Å²) >= 11 is 6.01. The van der Waals surface area contributed by atoms with Gasteiger partial charge in [0.25, 0.3) is 11.8 Å². The van der Waals surface area contributed by atoms with Crippen molar-refractivity contribution in [3.63, 3.8) is 0 Å². The van der Waals surface area contributed by atoms with E-state index >= 15 is 0 Å². The van der Waals surface area contributed by atoms with Crippen molar-refractivity contribution in [1.82, 2.24) is 24.4 Å². The van der Waals surface area contributed by atoms with Crippen LogP contribution in [0, 0.1) is 0 Å². The first kappa shape index (κ1) is 20.2. The first-order valence-electron chi connectivity index (χ1n) is 10.3. The number of benzene rings is 2. The van der Waals surface area contributed by atoms with Crippen molar-refractivity contribution in [3.8, 4) is 11.3 Å². The Morgan fingerprint density at radius 2 is 1.56 bits per heavy atom. The third-order valence-corrected chi connectivity index (χ3v) is 5.86.